The summed E-state index contributed by atoms with van der Waals surface area (Å²) in [5.41, 5.74) is 2.95. The first-order valence-electron chi connectivity index (χ1n) is 8.29. The molecule has 1 aliphatic rings. The molecule has 1 saturated heterocycles. The standard InChI is InChI=1S/C13H20N2O3.2C2H6/c16-9-10-5-12(17)8-15(6-10)7-11-3-1-2-4-13(11)14-18;2*1-2/h1-4,10,12,14,16-18H,5-9H2;2*1-2H3/p+1. The Bertz CT molecular complexity index is 388. The number of rotatable bonds is 4. The molecule has 1 heterocycles. The zero-order valence-corrected chi connectivity index (χ0v) is 14.4. The summed E-state index contributed by atoms with van der Waals surface area (Å²) in [6.07, 6.45) is 0.294. The Morgan fingerprint density at radius 1 is 1.14 bits per heavy atom. The van der Waals surface area contributed by atoms with Crippen molar-refractivity contribution in [3.63, 3.8) is 0 Å². The van der Waals surface area contributed by atoms with E-state index in [4.69, 9.17) is 5.21 Å². The minimum Gasteiger partial charge on any atom is -0.396 e. The molecule has 2 rings (SSSR count). The monoisotopic (exact) mass is 313 g/mol. The second-order valence-electron chi connectivity index (χ2n) is 4.96. The van der Waals surface area contributed by atoms with E-state index in [2.05, 4.69) is 4.90 Å². The number of piperidine rings is 1. The van der Waals surface area contributed by atoms with E-state index in [9.17, 15) is 10.2 Å². The predicted octanol–water partition coefficient (Wildman–Crippen LogP) is 1.50. The van der Waals surface area contributed by atoms with Crippen LogP contribution in [0.4, 0.5) is 5.69 Å². The van der Waals surface area contributed by atoms with Crippen LogP contribution in [0.25, 0.3) is 0 Å². The van der Waals surface area contributed by atoms with Crippen molar-refractivity contribution in [2.24, 2.45) is 5.92 Å². The Hall–Kier alpha value is -0.980. The number of likely N-dealkylation sites (tertiary alicyclic amines) is 1. The van der Waals surface area contributed by atoms with Crippen molar-refractivity contribution in [1.29, 1.82) is 0 Å². The van der Waals surface area contributed by atoms with Gasteiger partial charge in [-0.05, 0) is 12.3 Å². The molecule has 0 aromatic heterocycles. The summed E-state index contributed by atoms with van der Waals surface area (Å²) in [6, 6.07) is 7.65. The van der Waals surface area contributed by atoms with Gasteiger partial charge in [0.25, 0.3) is 0 Å². The molecule has 1 aliphatic heterocycles. The van der Waals surface area contributed by atoms with Crippen LogP contribution in [0.5, 0.6) is 0 Å². The van der Waals surface area contributed by atoms with Crippen LogP contribution in [0.2, 0.25) is 0 Å². The molecule has 0 spiro atoms. The first kappa shape index (κ1) is 21.0. The van der Waals surface area contributed by atoms with E-state index in [0.717, 1.165) is 23.3 Å². The van der Waals surface area contributed by atoms with Crippen LogP contribution < -0.4 is 5.48 Å². The molecule has 128 valence electrons. The number of benzene rings is 1. The van der Waals surface area contributed by atoms with Crippen LogP contribution in [0.1, 0.15) is 39.7 Å². The van der Waals surface area contributed by atoms with Crippen molar-refractivity contribution >= 4 is 5.69 Å². The van der Waals surface area contributed by atoms with Gasteiger partial charge in [0, 0.05) is 37.9 Å². The summed E-state index contributed by atoms with van der Waals surface area (Å²) in [5, 5.41) is 28.2. The van der Waals surface area contributed by atoms with E-state index in [1.54, 1.807) is 0 Å². The van der Waals surface area contributed by atoms with Crippen LogP contribution in [0.15, 0.2) is 24.3 Å². The first-order valence-corrected chi connectivity index (χ1v) is 8.29. The molecule has 0 saturated carbocycles. The van der Waals surface area contributed by atoms with Gasteiger partial charge >= 0.3 is 0 Å². The van der Waals surface area contributed by atoms with E-state index < -0.39 is 0 Å². The highest BCUT2D eigenvalue weighted by atomic mass is 16.5. The lowest BCUT2D eigenvalue weighted by Gasteiger charge is -2.34. The molecule has 0 bridgehead atoms. The number of aliphatic hydroxyl groups excluding tert-OH is 2. The maximum Gasteiger partial charge on any atom is 0.166 e. The number of β-amino-alcohol motifs (C(OH)–C–C–N with tert-alkyl or cyclic N) is 1. The summed E-state index contributed by atoms with van der Waals surface area (Å²) in [5.74, 6) is 0.138. The lowest BCUT2D eigenvalue weighted by atomic mass is 9.96. The van der Waals surface area contributed by atoms with Gasteiger partial charge in [0.1, 0.15) is 0 Å². The van der Waals surface area contributed by atoms with Crippen molar-refractivity contribution < 1.29 is 20.9 Å². The van der Waals surface area contributed by atoms with E-state index >= 15 is 0 Å². The minimum absolute atomic E-state index is 0.112. The highest BCUT2D eigenvalue weighted by Gasteiger charge is 2.26. The highest BCUT2D eigenvalue weighted by molar-refractivity contribution is 5.38. The van der Waals surface area contributed by atoms with Gasteiger partial charge in [0.2, 0.25) is 0 Å². The molecule has 0 aliphatic carbocycles. The van der Waals surface area contributed by atoms with Crippen molar-refractivity contribution in [1.82, 2.24) is 4.90 Å². The maximum absolute atomic E-state index is 9.78. The van der Waals surface area contributed by atoms with Crippen LogP contribution in [0, 0.1) is 5.92 Å². The van der Waals surface area contributed by atoms with Crippen LogP contribution in [0.3, 0.4) is 0 Å². The molecule has 1 fully saturated rings. The van der Waals surface area contributed by atoms with Crippen molar-refractivity contribution in [2.75, 3.05) is 19.7 Å². The SMILES string of the molecule is CC.CC.OCC1CC(O)CN(Cc2ccccc2[NH2+]O)C1. The van der Waals surface area contributed by atoms with Crippen molar-refractivity contribution in [2.45, 2.75) is 46.8 Å². The zero-order chi connectivity index (χ0) is 17.0. The normalized spacial score (nSPS) is 21.2. The fraction of sp³-hybridized carbons (Fsp3) is 0.647. The zero-order valence-electron chi connectivity index (χ0n) is 14.4. The molecular formula is C17H33N2O3+. The van der Waals surface area contributed by atoms with Crippen molar-refractivity contribution in [3.8, 4) is 0 Å². The largest absolute Gasteiger partial charge is 0.396 e. The van der Waals surface area contributed by atoms with Gasteiger partial charge in [0.05, 0.1) is 6.10 Å². The summed E-state index contributed by atoms with van der Waals surface area (Å²) >= 11 is 0. The topological polar surface area (TPSA) is 80.5 Å². The van der Waals surface area contributed by atoms with Gasteiger partial charge in [-0.1, -0.05) is 45.9 Å². The van der Waals surface area contributed by atoms with Crippen LogP contribution >= 0.6 is 0 Å². The van der Waals surface area contributed by atoms with Crippen LogP contribution in [-0.2, 0) is 6.54 Å². The average molecular weight is 313 g/mol. The summed E-state index contributed by atoms with van der Waals surface area (Å²) < 4.78 is 0. The Kier molecular flexibility index (Phi) is 12.0. The minimum atomic E-state index is -0.374. The van der Waals surface area contributed by atoms with E-state index in [0.29, 0.717) is 19.5 Å². The average Bonchev–Trinajstić information content (AvgIpc) is 2.58. The molecule has 22 heavy (non-hydrogen) atoms. The van der Waals surface area contributed by atoms with Crippen LogP contribution in [-0.4, -0.2) is 46.1 Å². The molecule has 0 amide bonds. The fourth-order valence-corrected chi connectivity index (χ4v) is 2.58. The Labute approximate surface area is 134 Å². The summed E-state index contributed by atoms with van der Waals surface area (Å²) in [7, 11) is 0. The maximum atomic E-state index is 9.78. The predicted molar refractivity (Wildman–Crippen MR) is 89.0 cm³/mol. The lowest BCUT2D eigenvalue weighted by Crippen LogP contribution is -2.74. The van der Waals surface area contributed by atoms with E-state index in [-0.39, 0.29) is 18.6 Å². The molecule has 5 N–H and O–H groups in total. The second-order valence-corrected chi connectivity index (χ2v) is 4.96. The third-order valence-electron chi connectivity index (χ3n) is 3.44. The molecule has 5 heteroatoms. The third kappa shape index (κ3) is 6.85. The number of hydrogen-bond acceptors (Lipinski definition) is 4. The molecule has 2 unspecified atom stereocenters. The van der Waals surface area contributed by atoms with Gasteiger partial charge in [-0.25, -0.2) is 5.21 Å². The van der Waals surface area contributed by atoms with Gasteiger partial charge in [-0.3, -0.25) is 4.90 Å². The lowest BCUT2D eigenvalue weighted by molar-refractivity contribution is -0.826. The van der Waals surface area contributed by atoms with E-state index in [1.165, 1.54) is 0 Å². The Balaban J connectivity index is 0.00000102. The number of hydrogen-bond donors (Lipinski definition) is 4. The van der Waals surface area contributed by atoms with Crippen molar-refractivity contribution in [3.05, 3.63) is 29.8 Å². The molecule has 0 radical (unpaired) electrons. The number of para-hydroxylation sites is 1. The molecular weight excluding hydrogens is 280 g/mol. The van der Waals surface area contributed by atoms with Gasteiger partial charge in [-0.2, -0.15) is 5.48 Å². The van der Waals surface area contributed by atoms with Gasteiger partial charge in [-0.15, -0.1) is 0 Å². The molecule has 1 aromatic rings. The second kappa shape index (κ2) is 12.6. The third-order valence-corrected chi connectivity index (χ3v) is 3.44. The Morgan fingerprint density at radius 2 is 1.77 bits per heavy atom. The summed E-state index contributed by atoms with van der Waals surface area (Å²) in [6.45, 7) is 10.2. The Morgan fingerprint density at radius 3 is 2.36 bits per heavy atom. The van der Waals surface area contributed by atoms with Gasteiger partial charge in [0.15, 0.2) is 5.69 Å². The van der Waals surface area contributed by atoms with Gasteiger partial charge < -0.3 is 10.2 Å². The van der Waals surface area contributed by atoms with E-state index in [1.807, 2.05) is 52.0 Å². The molecule has 2 atom stereocenters. The number of nitrogens with two attached hydrogens (primary N) is 1. The summed E-state index contributed by atoms with van der Waals surface area (Å²) in [4.78, 5) is 2.12. The quantitative estimate of drug-likeness (QED) is 0.502. The number of quaternary nitrogens is 1. The first-order chi connectivity index (χ1) is 10.7. The molecule has 5 nitrogen and oxygen atoms in total. The number of aliphatic hydroxyl groups is 2. The smallest absolute Gasteiger partial charge is 0.166 e. The number of nitrogens with zero attached hydrogens (tertiary/aromatic N) is 1. The fourth-order valence-electron chi connectivity index (χ4n) is 2.58. The molecule has 1 aromatic carbocycles. The highest BCUT2D eigenvalue weighted by Crippen LogP contribution is 2.20.